The van der Waals surface area contributed by atoms with Gasteiger partial charge in [-0.15, -0.1) is 0 Å². The van der Waals surface area contributed by atoms with Crippen LogP contribution < -0.4 is 5.73 Å². The maximum Gasteiger partial charge on any atom is 0.254 e. The molecule has 0 atom stereocenters. The van der Waals surface area contributed by atoms with E-state index in [2.05, 4.69) is 4.98 Å². The molecule has 1 aliphatic carbocycles. The van der Waals surface area contributed by atoms with Crippen molar-refractivity contribution in [2.24, 2.45) is 5.73 Å². The minimum absolute atomic E-state index is 0.0888. The number of pyridine rings is 1. The number of carbonyl (C=O) groups is 1. The fourth-order valence-electron chi connectivity index (χ4n) is 2.66. The number of carbonyl (C=O) groups excluding carboxylic acids is 1. The van der Waals surface area contributed by atoms with Gasteiger partial charge >= 0.3 is 0 Å². The van der Waals surface area contributed by atoms with Gasteiger partial charge in [-0.25, -0.2) is 0 Å². The average molecular weight is 269 g/mol. The topological polar surface area (TPSA) is 59.2 Å². The van der Waals surface area contributed by atoms with E-state index >= 15 is 0 Å². The van der Waals surface area contributed by atoms with Crippen molar-refractivity contribution in [3.05, 3.63) is 42.1 Å². The number of rotatable bonds is 4. The highest BCUT2D eigenvalue weighted by Gasteiger charge is 2.28. The molecule has 0 saturated heterocycles. The smallest absolute Gasteiger partial charge is 0.254 e. The number of fused-ring (bicyclic) bond motifs is 1. The third-order valence-corrected chi connectivity index (χ3v) is 4.00. The van der Waals surface area contributed by atoms with Gasteiger partial charge in [0.15, 0.2) is 0 Å². The monoisotopic (exact) mass is 269 g/mol. The molecule has 2 aromatic rings. The van der Waals surface area contributed by atoms with Crippen LogP contribution in [-0.4, -0.2) is 34.9 Å². The van der Waals surface area contributed by atoms with Crippen molar-refractivity contribution in [3.63, 3.8) is 0 Å². The van der Waals surface area contributed by atoms with Crippen LogP contribution >= 0.6 is 0 Å². The van der Waals surface area contributed by atoms with Crippen molar-refractivity contribution >= 4 is 16.8 Å². The van der Waals surface area contributed by atoms with E-state index in [9.17, 15) is 4.79 Å². The van der Waals surface area contributed by atoms with Gasteiger partial charge in [0, 0.05) is 36.3 Å². The van der Waals surface area contributed by atoms with Crippen molar-refractivity contribution in [1.29, 1.82) is 0 Å². The fraction of sp³-hybridized carbons (Fsp3) is 0.375. The van der Waals surface area contributed by atoms with Crippen molar-refractivity contribution in [1.82, 2.24) is 9.88 Å². The zero-order valence-corrected chi connectivity index (χ0v) is 11.5. The van der Waals surface area contributed by atoms with Gasteiger partial charge in [0.1, 0.15) is 0 Å². The summed E-state index contributed by atoms with van der Waals surface area (Å²) in [5.41, 5.74) is 7.29. The van der Waals surface area contributed by atoms with E-state index in [0.29, 0.717) is 19.1 Å². The van der Waals surface area contributed by atoms with Crippen LogP contribution in [0.15, 0.2) is 36.5 Å². The first-order valence-corrected chi connectivity index (χ1v) is 7.15. The molecule has 0 aliphatic heterocycles. The van der Waals surface area contributed by atoms with Gasteiger partial charge in [-0.3, -0.25) is 9.78 Å². The molecule has 0 radical (unpaired) electrons. The number of nitrogens with two attached hydrogens (primary N) is 1. The highest BCUT2D eigenvalue weighted by molar-refractivity contribution is 5.98. The van der Waals surface area contributed by atoms with Crippen LogP contribution in [0, 0.1) is 0 Å². The number of benzene rings is 1. The highest BCUT2D eigenvalue weighted by Crippen LogP contribution is 2.26. The van der Waals surface area contributed by atoms with E-state index in [1.54, 1.807) is 6.20 Å². The first-order valence-electron chi connectivity index (χ1n) is 7.15. The standard InChI is InChI=1S/C16H19N3O/c17-8-10-19(14-4-1-5-14)16(20)13-6-7-15-12(11-13)3-2-9-18-15/h2-3,6-7,9,11,14H,1,4-5,8,10,17H2. The molecule has 0 bridgehead atoms. The summed E-state index contributed by atoms with van der Waals surface area (Å²) in [5.74, 6) is 0.0888. The molecule has 4 nitrogen and oxygen atoms in total. The first kappa shape index (κ1) is 13.1. The van der Waals surface area contributed by atoms with E-state index < -0.39 is 0 Å². The number of aromatic nitrogens is 1. The molecule has 1 amide bonds. The van der Waals surface area contributed by atoms with Crippen molar-refractivity contribution in [2.75, 3.05) is 13.1 Å². The van der Waals surface area contributed by atoms with E-state index in [0.717, 1.165) is 29.3 Å². The Hall–Kier alpha value is -1.94. The summed E-state index contributed by atoms with van der Waals surface area (Å²) in [6, 6.07) is 9.93. The number of hydrogen-bond acceptors (Lipinski definition) is 3. The summed E-state index contributed by atoms with van der Waals surface area (Å²) < 4.78 is 0. The van der Waals surface area contributed by atoms with Gasteiger partial charge < -0.3 is 10.6 Å². The van der Waals surface area contributed by atoms with Crippen LogP contribution in [-0.2, 0) is 0 Å². The van der Waals surface area contributed by atoms with Gasteiger partial charge in [-0.1, -0.05) is 6.07 Å². The van der Waals surface area contributed by atoms with Crippen LogP contribution in [0.25, 0.3) is 10.9 Å². The Labute approximate surface area is 118 Å². The van der Waals surface area contributed by atoms with Crippen molar-refractivity contribution in [2.45, 2.75) is 25.3 Å². The zero-order valence-electron chi connectivity index (χ0n) is 11.5. The summed E-state index contributed by atoms with van der Waals surface area (Å²) in [6.07, 6.45) is 5.17. The lowest BCUT2D eigenvalue weighted by atomic mass is 9.91. The van der Waals surface area contributed by atoms with Gasteiger partial charge in [0.2, 0.25) is 0 Å². The third kappa shape index (κ3) is 2.39. The lowest BCUT2D eigenvalue weighted by Gasteiger charge is -2.37. The molecule has 1 fully saturated rings. The Morgan fingerprint density at radius 1 is 1.35 bits per heavy atom. The molecular weight excluding hydrogens is 250 g/mol. The molecule has 1 heterocycles. The van der Waals surface area contributed by atoms with Gasteiger partial charge in [-0.2, -0.15) is 0 Å². The summed E-state index contributed by atoms with van der Waals surface area (Å²) in [4.78, 5) is 18.9. The Balaban J connectivity index is 1.89. The Morgan fingerprint density at radius 2 is 2.20 bits per heavy atom. The lowest BCUT2D eigenvalue weighted by molar-refractivity contribution is 0.0589. The van der Waals surface area contributed by atoms with E-state index in [-0.39, 0.29) is 5.91 Å². The average Bonchev–Trinajstić information content (AvgIpc) is 2.43. The summed E-state index contributed by atoms with van der Waals surface area (Å²) >= 11 is 0. The Kier molecular flexibility index (Phi) is 3.65. The summed E-state index contributed by atoms with van der Waals surface area (Å²) in [7, 11) is 0. The van der Waals surface area contributed by atoms with E-state index in [1.807, 2.05) is 35.2 Å². The minimum atomic E-state index is 0.0888. The van der Waals surface area contributed by atoms with Gasteiger partial charge in [0.05, 0.1) is 5.52 Å². The first-order chi connectivity index (χ1) is 9.79. The number of hydrogen-bond donors (Lipinski definition) is 1. The predicted octanol–water partition coefficient (Wildman–Crippen LogP) is 2.19. The Bertz CT molecular complexity index is 622. The number of nitrogens with zero attached hydrogens (tertiary/aromatic N) is 2. The molecule has 0 unspecified atom stereocenters. The molecule has 1 aromatic carbocycles. The van der Waals surface area contributed by atoms with Crippen LogP contribution in [0.4, 0.5) is 0 Å². The second-order valence-electron chi connectivity index (χ2n) is 5.28. The third-order valence-electron chi connectivity index (χ3n) is 4.00. The molecule has 1 aromatic heterocycles. The van der Waals surface area contributed by atoms with Gasteiger partial charge in [-0.05, 0) is 43.5 Å². The molecule has 104 valence electrons. The minimum Gasteiger partial charge on any atom is -0.334 e. The van der Waals surface area contributed by atoms with Crippen LogP contribution in [0.1, 0.15) is 29.6 Å². The summed E-state index contributed by atoms with van der Waals surface area (Å²) in [6.45, 7) is 1.14. The molecule has 1 aliphatic rings. The fourth-order valence-corrected chi connectivity index (χ4v) is 2.66. The Morgan fingerprint density at radius 3 is 2.90 bits per heavy atom. The highest BCUT2D eigenvalue weighted by atomic mass is 16.2. The molecule has 2 N–H and O–H groups in total. The second-order valence-corrected chi connectivity index (χ2v) is 5.28. The molecule has 3 rings (SSSR count). The predicted molar refractivity (Wildman–Crippen MR) is 79.5 cm³/mol. The maximum absolute atomic E-state index is 12.7. The molecular formula is C16H19N3O. The van der Waals surface area contributed by atoms with Crippen molar-refractivity contribution in [3.8, 4) is 0 Å². The van der Waals surface area contributed by atoms with Gasteiger partial charge in [0.25, 0.3) is 5.91 Å². The van der Waals surface area contributed by atoms with Crippen molar-refractivity contribution < 1.29 is 4.79 Å². The largest absolute Gasteiger partial charge is 0.334 e. The van der Waals surface area contributed by atoms with Crippen LogP contribution in [0.5, 0.6) is 0 Å². The van der Waals surface area contributed by atoms with Crippen LogP contribution in [0.3, 0.4) is 0 Å². The molecule has 20 heavy (non-hydrogen) atoms. The lowest BCUT2D eigenvalue weighted by Crippen LogP contribution is -2.46. The second kappa shape index (κ2) is 5.59. The number of amides is 1. The zero-order chi connectivity index (χ0) is 13.9. The van der Waals surface area contributed by atoms with E-state index in [1.165, 1.54) is 6.42 Å². The normalized spacial score (nSPS) is 15.1. The maximum atomic E-state index is 12.7. The van der Waals surface area contributed by atoms with E-state index in [4.69, 9.17) is 5.73 Å². The quantitative estimate of drug-likeness (QED) is 0.925. The molecule has 4 heteroatoms. The SMILES string of the molecule is NCCN(C(=O)c1ccc2ncccc2c1)C1CCC1. The molecule has 0 spiro atoms. The summed E-state index contributed by atoms with van der Waals surface area (Å²) in [5, 5.41) is 1.000. The molecule has 1 saturated carbocycles. The van der Waals surface area contributed by atoms with Crippen LogP contribution in [0.2, 0.25) is 0 Å².